The van der Waals surface area contributed by atoms with E-state index < -0.39 is 11.9 Å². The van der Waals surface area contributed by atoms with E-state index in [-0.39, 0.29) is 0 Å². The van der Waals surface area contributed by atoms with Crippen molar-refractivity contribution in [2.45, 2.75) is 51.0 Å². The lowest BCUT2D eigenvalue weighted by atomic mass is 9.97. The average molecular weight is 319 g/mol. The van der Waals surface area contributed by atoms with Gasteiger partial charge < -0.3 is 15.9 Å². The number of hydrogen-bond donors (Lipinski definition) is 3. The number of carbonyl (C=O) groups is 2. The third kappa shape index (κ3) is 8.16. The number of aliphatic carboxylic acids is 1. The molecule has 1 aromatic carbocycles. The van der Waals surface area contributed by atoms with E-state index in [2.05, 4.69) is 0 Å². The number of benzene rings is 1. The van der Waals surface area contributed by atoms with Gasteiger partial charge in [0, 0.05) is 11.6 Å². The highest BCUT2D eigenvalue weighted by Gasteiger charge is 2.11. The molecule has 4 N–H and O–H groups in total. The molecule has 1 aromatic rings. The predicted molar refractivity (Wildman–Crippen MR) is 89.4 cm³/mol. The minimum atomic E-state index is -0.879. The first-order valence-electron chi connectivity index (χ1n) is 7.97. The summed E-state index contributed by atoms with van der Waals surface area (Å²) in [5, 5.41) is 16.5. The quantitative estimate of drug-likeness (QED) is 0.775. The molecule has 0 radical (unpaired) electrons. The smallest absolute Gasteiger partial charge is 0.335 e. The monoisotopic (exact) mass is 319 g/mol. The lowest BCUT2D eigenvalue weighted by Gasteiger charge is -2.15. The van der Waals surface area contributed by atoms with Crippen LogP contribution < -0.4 is 5.73 Å². The summed E-state index contributed by atoms with van der Waals surface area (Å²) in [6.07, 6.45) is 10.1. The molecule has 5 nitrogen and oxygen atoms in total. The molecule has 0 heterocycles. The predicted octanol–water partition coefficient (Wildman–Crippen LogP) is 3.45. The van der Waals surface area contributed by atoms with Crippen molar-refractivity contribution in [2.75, 3.05) is 0 Å². The second kappa shape index (κ2) is 10.6. The fraction of sp³-hybridized carbons (Fsp3) is 0.444. The van der Waals surface area contributed by atoms with Gasteiger partial charge in [0.2, 0.25) is 0 Å². The van der Waals surface area contributed by atoms with Crippen LogP contribution in [0, 0.1) is 0 Å². The summed E-state index contributed by atoms with van der Waals surface area (Å²) in [6, 6.07) is 8.83. The van der Waals surface area contributed by atoms with Gasteiger partial charge in [0.15, 0.2) is 0 Å². The minimum Gasteiger partial charge on any atom is -0.478 e. The van der Waals surface area contributed by atoms with E-state index in [1.54, 1.807) is 36.4 Å². The summed E-state index contributed by atoms with van der Waals surface area (Å²) in [5.74, 6) is -1.64. The largest absolute Gasteiger partial charge is 0.478 e. The molecule has 0 atom stereocenters. The molecule has 1 saturated carbocycles. The van der Waals surface area contributed by atoms with Crippen LogP contribution >= 0.6 is 0 Å². The zero-order valence-corrected chi connectivity index (χ0v) is 13.3. The lowest BCUT2D eigenvalue weighted by molar-refractivity contribution is -0.133. The Bertz CT molecular complexity index is 519. The number of allylic oxidation sites excluding steroid dienone is 1. The molecular formula is C18H25NO4. The Morgan fingerprint density at radius 2 is 1.52 bits per heavy atom. The van der Waals surface area contributed by atoms with E-state index in [9.17, 15) is 9.59 Å². The van der Waals surface area contributed by atoms with Crippen molar-refractivity contribution in [1.29, 1.82) is 0 Å². The summed E-state index contributed by atoms with van der Waals surface area (Å²) in [5.41, 5.74) is 6.54. The van der Waals surface area contributed by atoms with Gasteiger partial charge in [-0.2, -0.15) is 0 Å². The number of hydrogen-bond acceptors (Lipinski definition) is 3. The van der Waals surface area contributed by atoms with Crippen molar-refractivity contribution in [1.82, 2.24) is 0 Å². The van der Waals surface area contributed by atoms with E-state index in [0.29, 0.717) is 17.2 Å². The van der Waals surface area contributed by atoms with Gasteiger partial charge in [-0.25, -0.2) is 9.59 Å². The number of aromatic carboxylic acids is 1. The Morgan fingerprint density at radius 3 is 1.74 bits per heavy atom. The van der Waals surface area contributed by atoms with Gasteiger partial charge in [-0.1, -0.05) is 43.5 Å². The van der Waals surface area contributed by atoms with Crippen molar-refractivity contribution in [3.8, 4) is 0 Å². The Balaban J connectivity index is 0.000000175. The van der Waals surface area contributed by atoms with Gasteiger partial charge in [0.25, 0.3) is 0 Å². The Kier molecular flexibility index (Phi) is 8.68. The van der Waals surface area contributed by atoms with Crippen molar-refractivity contribution < 1.29 is 19.8 Å². The number of nitrogens with two attached hydrogens (primary N) is 1. The first kappa shape index (κ1) is 18.9. The van der Waals surface area contributed by atoms with Crippen molar-refractivity contribution >= 4 is 11.9 Å². The lowest BCUT2D eigenvalue weighted by Crippen LogP contribution is -2.22. The molecule has 0 aromatic heterocycles. The maximum atomic E-state index is 10.2. The molecule has 0 spiro atoms. The van der Waals surface area contributed by atoms with Crippen molar-refractivity contribution in [2.24, 2.45) is 5.73 Å². The van der Waals surface area contributed by atoms with Gasteiger partial charge in [0.1, 0.15) is 0 Å². The number of carboxylic acid groups (broad SMARTS) is 2. The number of carboxylic acids is 2. The normalized spacial score (nSPS) is 16.5. The van der Waals surface area contributed by atoms with E-state index in [1.165, 1.54) is 32.1 Å². The first-order valence-corrected chi connectivity index (χ1v) is 7.97. The minimum absolute atomic E-state index is 0.331. The molecule has 23 heavy (non-hydrogen) atoms. The van der Waals surface area contributed by atoms with Gasteiger partial charge in [-0.05, 0) is 37.8 Å². The molecule has 0 saturated heterocycles. The van der Waals surface area contributed by atoms with Gasteiger partial charge in [0.05, 0.1) is 5.56 Å². The number of rotatable bonds is 2. The van der Waals surface area contributed by atoms with Crippen LogP contribution in [0.2, 0.25) is 0 Å². The third-order valence-electron chi connectivity index (χ3n) is 3.75. The second-order valence-corrected chi connectivity index (χ2v) is 5.64. The fourth-order valence-electron chi connectivity index (χ4n) is 2.20. The third-order valence-corrected chi connectivity index (χ3v) is 3.75. The molecule has 3 rings (SSSR count). The highest BCUT2D eigenvalue weighted by Crippen LogP contribution is 2.16. The molecule has 1 fully saturated rings. The van der Waals surface area contributed by atoms with Gasteiger partial charge >= 0.3 is 11.9 Å². The average Bonchev–Trinajstić information content (AvgIpc) is 2.48. The molecule has 0 bridgehead atoms. The maximum Gasteiger partial charge on any atom is 0.335 e. The molecule has 0 aliphatic heterocycles. The Morgan fingerprint density at radius 1 is 0.957 bits per heavy atom. The maximum absolute atomic E-state index is 10.2. The Hall–Kier alpha value is -2.14. The van der Waals surface area contributed by atoms with Crippen LogP contribution in [0.5, 0.6) is 0 Å². The molecule has 126 valence electrons. The summed E-state index contributed by atoms with van der Waals surface area (Å²) in [6.45, 7) is 0. The van der Waals surface area contributed by atoms with Crippen LogP contribution in [0.4, 0.5) is 0 Å². The van der Waals surface area contributed by atoms with E-state index in [0.717, 1.165) is 12.8 Å². The first-order chi connectivity index (χ1) is 11.0. The van der Waals surface area contributed by atoms with Crippen LogP contribution in [0.15, 0.2) is 42.0 Å². The topological polar surface area (TPSA) is 101 Å². The van der Waals surface area contributed by atoms with Crippen LogP contribution in [-0.2, 0) is 4.79 Å². The van der Waals surface area contributed by atoms with Crippen LogP contribution in [0.1, 0.15) is 55.3 Å². The van der Waals surface area contributed by atoms with Crippen LogP contribution in [0.25, 0.3) is 0 Å². The zero-order chi connectivity index (χ0) is 17.1. The second-order valence-electron chi connectivity index (χ2n) is 5.64. The van der Waals surface area contributed by atoms with E-state index in [1.807, 2.05) is 0 Å². The molecule has 0 amide bonds. The molecule has 2 aliphatic carbocycles. The van der Waals surface area contributed by atoms with E-state index >= 15 is 0 Å². The molecule has 0 unspecified atom stereocenters. The van der Waals surface area contributed by atoms with Crippen molar-refractivity contribution in [3.05, 3.63) is 47.5 Å². The van der Waals surface area contributed by atoms with Gasteiger partial charge in [-0.3, -0.25) is 0 Å². The summed E-state index contributed by atoms with van der Waals surface area (Å²) in [4.78, 5) is 20.1. The fourth-order valence-corrected chi connectivity index (χ4v) is 2.20. The highest BCUT2D eigenvalue weighted by molar-refractivity contribution is 5.88. The van der Waals surface area contributed by atoms with Gasteiger partial charge in [-0.15, -0.1) is 0 Å². The summed E-state index contributed by atoms with van der Waals surface area (Å²) < 4.78 is 0. The molecule has 2 aliphatic rings. The molecular weight excluding hydrogens is 294 g/mol. The van der Waals surface area contributed by atoms with Crippen LogP contribution in [0.3, 0.4) is 0 Å². The summed E-state index contributed by atoms with van der Waals surface area (Å²) in [7, 11) is 0. The highest BCUT2D eigenvalue weighted by atomic mass is 16.4. The molecule has 5 heteroatoms. The zero-order valence-electron chi connectivity index (χ0n) is 13.3. The van der Waals surface area contributed by atoms with Crippen LogP contribution in [-0.4, -0.2) is 28.2 Å². The standard InChI is InChI=1S/C7H6O2.C6H13N.C5H6O2/c8-7(9)6-4-2-1-3-5-6;7-6-4-2-1-3-5-6;6-5(7)4-2-1-3-4/h1-5H,(H,8,9);6H,1-5,7H2;2H,1,3H2,(H,6,7). The SMILES string of the molecule is NC1CCCCC1.O=C(O)C1=CCC1.O=C(O)c1ccccc1. The summed E-state index contributed by atoms with van der Waals surface area (Å²) >= 11 is 0. The van der Waals surface area contributed by atoms with Crippen molar-refractivity contribution in [3.63, 3.8) is 0 Å². The van der Waals surface area contributed by atoms with E-state index in [4.69, 9.17) is 15.9 Å². The Labute approximate surface area is 136 Å².